The zero-order chi connectivity index (χ0) is 19.2. The number of carbonyl (C=O) groups is 2. The molecule has 1 saturated heterocycles. The maximum absolute atomic E-state index is 12.9. The number of halogens is 2. The van der Waals surface area contributed by atoms with Crippen molar-refractivity contribution in [3.63, 3.8) is 0 Å². The van der Waals surface area contributed by atoms with Crippen LogP contribution in [-0.4, -0.2) is 36.1 Å². The predicted molar refractivity (Wildman–Crippen MR) is 97.2 cm³/mol. The second-order valence-corrected chi connectivity index (χ2v) is 6.32. The van der Waals surface area contributed by atoms with Crippen molar-refractivity contribution in [2.24, 2.45) is 0 Å². The van der Waals surface area contributed by atoms with E-state index < -0.39 is 6.03 Å². The van der Waals surface area contributed by atoms with Crippen molar-refractivity contribution in [3.8, 4) is 0 Å². The van der Waals surface area contributed by atoms with Gasteiger partial charge in [0.25, 0.3) is 0 Å². The van der Waals surface area contributed by atoms with Crippen LogP contribution in [0.2, 0.25) is 0 Å². The fraction of sp³-hybridized carbons (Fsp3) is 0.263. The van der Waals surface area contributed by atoms with Crippen LogP contribution in [0.1, 0.15) is 12.0 Å². The molecule has 0 saturated carbocycles. The molecule has 2 aromatic rings. The van der Waals surface area contributed by atoms with Crippen molar-refractivity contribution in [1.82, 2.24) is 15.5 Å². The van der Waals surface area contributed by atoms with E-state index in [1.54, 1.807) is 17.0 Å². The monoisotopic (exact) mass is 374 g/mol. The average Bonchev–Trinajstić information content (AvgIpc) is 3.11. The maximum atomic E-state index is 12.9. The molecule has 0 aromatic heterocycles. The van der Waals surface area contributed by atoms with Gasteiger partial charge in [-0.3, -0.25) is 0 Å². The smallest absolute Gasteiger partial charge is 0.319 e. The number of urea groups is 2. The van der Waals surface area contributed by atoms with Gasteiger partial charge in [-0.1, -0.05) is 12.1 Å². The van der Waals surface area contributed by atoms with E-state index in [1.807, 2.05) is 0 Å². The molecule has 1 fully saturated rings. The third-order valence-corrected chi connectivity index (χ3v) is 4.27. The van der Waals surface area contributed by atoms with E-state index >= 15 is 0 Å². The molecule has 8 heteroatoms. The number of likely N-dealkylation sites (tertiary alicyclic amines) is 1. The van der Waals surface area contributed by atoms with Gasteiger partial charge in [-0.15, -0.1) is 0 Å². The summed E-state index contributed by atoms with van der Waals surface area (Å²) in [6.07, 6.45) is 0.640. The van der Waals surface area contributed by atoms with Gasteiger partial charge < -0.3 is 20.9 Å². The fourth-order valence-electron chi connectivity index (χ4n) is 2.84. The highest BCUT2D eigenvalue weighted by Crippen LogP contribution is 2.12. The number of nitrogens with zero attached hydrogens (tertiary/aromatic N) is 1. The molecule has 4 amide bonds. The lowest BCUT2D eigenvalue weighted by molar-refractivity contribution is 0.207. The summed E-state index contributed by atoms with van der Waals surface area (Å²) in [6, 6.07) is 10.6. The molecule has 0 spiro atoms. The third kappa shape index (κ3) is 5.40. The van der Waals surface area contributed by atoms with Crippen molar-refractivity contribution < 1.29 is 18.4 Å². The number of rotatable bonds is 4. The van der Waals surface area contributed by atoms with E-state index in [4.69, 9.17) is 0 Å². The fourth-order valence-corrected chi connectivity index (χ4v) is 2.84. The normalized spacial score (nSPS) is 16.1. The molecule has 6 nitrogen and oxygen atoms in total. The minimum atomic E-state index is -0.403. The van der Waals surface area contributed by atoms with Crippen LogP contribution in [0.3, 0.4) is 0 Å². The average molecular weight is 374 g/mol. The van der Waals surface area contributed by atoms with Gasteiger partial charge in [-0.05, 0) is 48.4 Å². The van der Waals surface area contributed by atoms with Crippen molar-refractivity contribution in [2.75, 3.05) is 18.4 Å². The Hall–Kier alpha value is -3.16. The highest BCUT2D eigenvalue weighted by Gasteiger charge is 2.27. The number of hydrogen-bond acceptors (Lipinski definition) is 2. The molecule has 1 aliphatic rings. The van der Waals surface area contributed by atoms with Crippen LogP contribution in [0, 0.1) is 11.6 Å². The Kier molecular flexibility index (Phi) is 5.85. The second kappa shape index (κ2) is 8.48. The van der Waals surface area contributed by atoms with E-state index in [0.29, 0.717) is 31.7 Å². The molecule has 1 heterocycles. The predicted octanol–water partition coefficient (Wildman–Crippen LogP) is 3.07. The summed E-state index contributed by atoms with van der Waals surface area (Å²) in [5, 5.41) is 8.20. The Bertz CT molecular complexity index is 796. The van der Waals surface area contributed by atoms with Gasteiger partial charge in [-0.2, -0.15) is 0 Å². The molecule has 1 atom stereocenters. The van der Waals surface area contributed by atoms with E-state index in [2.05, 4.69) is 16.0 Å². The Morgan fingerprint density at radius 2 is 1.63 bits per heavy atom. The summed E-state index contributed by atoms with van der Waals surface area (Å²) >= 11 is 0. The van der Waals surface area contributed by atoms with Crippen LogP contribution in [0.25, 0.3) is 0 Å². The van der Waals surface area contributed by atoms with Crippen molar-refractivity contribution in [3.05, 3.63) is 65.7 Å². The van der Waals surface area contributed by atoms with Gasteiger partial charge >= 0.3 is 12.1 Å². The van der Waals surface area contributed by atoms with Gasteiger partial charge in [0, 0.05) is 31.4 Å². The number of anilines is 1. The maximum Gasteiger partial charge on any atom is 0.319 e. The van der Waals surface area contributed by atoms with Gasteiger partial charge in [0.2, 0.25) is 0 Å². The molecule has 3 rings (SSSR count). The molecule has 142 valence electrons. The Labute approximate surface area is 155 Å². The molecule has 0 bridgehead atoms. The van der Waals surface area contributed by atoms with Crippen molar-refractivity contribution in [2.45, 2.75) is 19.0 Å². The lowest BCUT2D eigenvalue weighted by atomic mass is 10.2. The summed E-state index contributed by atoms with van der Waals surface area (Å²) in [5.41, 5.74) is 1.29. The second-order valence-electron chi connectivity index (χ2n) is 6.32. The lowest BCUT2D eigenvalue weighted by Crippen LogP contribution is -2.43. The summed E-state index contributed by atoms with van der Waals surface area (Å²) in [4.78, 5) is 25.8. The van der Waals surface area contributed by atoms with Crippen LogP contribution in [-0.2, 0) is 6.54 Å². The minimum absolute atomic E-state index is 0.165. The van der Waals surface area contributed by atoms with E-state index in [9.17, 15) is 18.4 Å². The lowest BCUT2D eigenvalue weighted by Gasteiger charge is -2.18. The highest BCUT2D eigenvalue weighted by atomic mass is 19.1. The van der Waals surface area contributed by atoms with Crippen LogP contribution in [0.15, 0.2) is 48.5 Å². The summed E-state index contributed by atoms with van der Waals surface area (Å²) in [6.45, 7) is 1.22. The topological polar surface area (TPSA) is 73.5 Å². The first-order chi connectivity index (χ1) is 13.0. The van der Waals surface area contributed by atoms with Crippen LogP contribution >= 0.6 is 0 Å². The SMILES string of the molecule is O=C(Nc1ccc(F)cc1)N[C@@H]1CCN(C(=O)NCc2ccc(F)cc2)C1. The first-order valence-corrected chi connectivity index (χ1v) is 8.60. The van der Waals surface area contributed by atoms with Gasteiger partial charge in [-0.25, -0.2) is 18.4 Å². The Morgan fingerprint density at radius 1 is 1.00 bits per heavy atom. The van der Waals surface area contributed by atoms with E-state index in [-0.39, 0.29) is 23.7 Å². The number of hydrogen-bond donors (Lipinski definition) is 3. The molecule has 2 aromatic carbocycles. The number of nitrogens with one attached hydrogen (secondary N) is 3. The molecule has 27 heavy (non-hydrogen) atoms. The molecule has 3 N–H and O–H groups in total. The molecule has 0 radical (unpaired) electrons. The van der Waals surface area contributed by atoms with Crippen molar-refractivity contribution in [1.29, 1.82) is 0 Å². The quantitative estimate of drug-likeness (QED) is 0.770. The molecule has 1 aliphatic heterocycles. The van der Waals surface area contributed by atoms with E-state index in [0.717, 1.165) is 5.56 Å². The standard InChI is InChI=1S/C19H20F2N4O2/c20-14-3-1-13(2-4-14)11-22-19(27)25-10-9-17(12-25)24-18(26)23-16-7-5-15(21)6-8-16/h1-8,17H,9-12H2,(H,22,27)(H2,23,24,26)/t17-/m1/s1. The largest absolute Gasteiger partial charge is 0.334 e. The van der Waals surface area contributed by atoms with Gasteiger partial charge in [0.15, 0.2) is 0 Å². The van der Waals surface area contributed by atoms with Crippen molar-refractivity contribution >= 4 is 17.7 Å². The van der Waals surface area contributed by atoms with Gasteiger partial charge in [0.05, 0.1) is 0 Å². The number of benzene rings is 2. The zero-order valence-electron chi connectivity index (χ0n) is 14.5. The minimum Gasteiger partial charge on any atom is -0.334 e. The summed E-state index contributed by atoms with van der Waals surface area (Å²) in [7, 11) is 0. The van der Waals surface area contributed by atoms with E-state index in [1.165, 1.54) is 36.4 Å². The Morgan fingerprint density at radius 3 is 2.30 bits per heavy atom. The first kappa shape index (κ1) is 18.6. The van der Waals surface area contributed by atoms with Crippen LogP contribution < -0.4 is 16.0 Å². The summed E-state index contributed by atoms with van der Waals surface area (Å²) in [5.74, 6) is -0.698. The number of carbonyl (C=O) groups excluding carboxylic acids is 2. The third-order valence-electron chi connectivity index (χ3n) is 4.27. The molecular formula is C19H20F2N4O2. The Balaban J connectivity index is 1.42. The first-order valence-electron chi connectivity index (χ1n) is 8.60. The number of amides is 4. The molecule has 0 aliphatic carbocycles. The molecule has 0 unspecified atom stereocenters. The zero-order valence-corrected chi connectivity index (χ0v) is 14.5. The highest BCUT2D eigenvalue weighted by molar-refractivity contribution is 5.89. The van der Waals surface area contributed by atoms with Crippen LogP contribution in [0.5, 0.6) is 0 Å². The summed E-state index contributed by atoms with van der Waals surface area (Å²) < 4.78 is 25.8. The van der Waals surface area contributed by atoms with Crippen LogP contribution in [0.4, 0.5) is 24.1 Å². The van der Waals surface area contributed by atoms with Gasteiger partial charge in [0.1, 0.15) is 11.6 Å². The molecular weight excluding hydrogens is 354 g/mol.